The number of hydrogen-bond acceptors (Lipinski definition) is 12. The number of sulfone groups is 1. The van der Waals surface area contributed by atoms with Gasteiger partial charge < -0.3 is 15.5 Å². The number of rotatable bonds is 11. The van der Waals surface area contributed by atoms with E-state index in [1.54, 1.807) is 0 Å². The summed E-state index contributed by atoms with van der Waals surface area (Å²) in [5, 5.41) is 29.3. The molecule has 218 valence electrons. The zero-order chi connectivity index (χ0) is 30.6. The molecule has 0 saturated heterocycles. The van der Waals surface area contributed by atoms with Crippen molar-refractivity contribution in [3.8, 4) is 5.75 Å². The Hall–Kier alpha value is -4.27. The Labute approximate surface area is 232 Å². The van der Waals surface area contributed by atoms with Crippen LogP contribution in [0.3, 0.4) is 0 Å². The summed E-state index contributed by atoms with van der Waals surface area (Å²) in [5.41, 5.74) is -0.557. The second-order valence-corrected chi connectivity index (χ2v) is 12.5. The molecule has 41 heavy (non-hydrogen) atoms. The number of nitrogens with one attached hydrogen (secondary N) is 1. The third-order valence-corrected chi connectivity index (χ3v) is 8.05. The normalized spacial score (nSPS) is 12.7. The molecule has 0 unspecified atom stereocenters. The Balaban J connectivity index is 1.92. The largest absolute Gasteiger partial charge is 0.505 e. The zero-order valence-electron chi connectivity index (χ0n) is 20.3. The number of fused-ring (bicyclic) bond motifs is 1. The van der Waals surface area contributed by atoms with Crippen LogP contribution in [0.5, 0.6) is 5.75 Å². The molecular weight excluding hydrogens is 610 g/mol. The lowest BCUT2D eigenvalue weighted by Crippen LogP contribution is -2.15. The smallest absolute Gasteiger partial charge is 0.397 e. The molecule has 19 heteroatoms. The van der Waals surface area contributed by atoms with E-state index in [1.807, 2.05) is 0 Å². The summed E-state index contributed by atoms with van der Waals surface area (Å²) in [6.07, 6.45) is 1.35. The van der Waals surface area contributed by atoms with Crippen molar-refractivity contribution in [1.29, 1.82) is 0 Å². The molecule has 0 radical (unpaired) electrons. The number of carboxylic acid groups (broad SMARTS) is 1. The fraction of sp³-hybridized carbons (Fsp3) is 0.0909. The van der Waals surface area contributed by atoms with E-state index in [-0.39, 0.29) is 27.0 Å². The van der Waals surface area contributed by atoms with Crippen molar-refractivity contribution in [2.45, 2.75) is 9.79 Å². The summed E-state index contributed by atoms with van der Waals surface area (Å²) in [4.78, 5) is 21.3. The molecule has 0 spiro atoms. The Kier molecular flexibility index (Phi) is 9.21. The van der Waals surface area contributed by atoms with Crippen LogP contribution >= 0.6 is 0 Å². The van der Waals surface area contributed by atoms with Gasteiger partial charge >= 0.3 is 16.4 Å². The van der Waals surface area contributed by atoms with Gasteiger partial charge in [0.2, 0.25) is 5.91 Å². The highest BCUT2D eigenvalue weighted by Gasteiger charge is 2.22. The molecule has 5 N–H and O–H groups in total. The predicted octanol–water partition coefficient (Wildman–Crippen LogP) is 2.38. The summed E-state index contributed by atoms with van der Waals surface area (Å²) in [5.74, 6) is -3.64. The SMILES string of the molecule is O=C(O)C=CC(=O)Nc1ccc2c(O)c(N=Nc3ccc(S(=O)(=O)CCOS(=O)(=O)O)cc3)c(S(=O)(=O)O)cc2c1. The van der Waals surface area contributed by atoms with Crippen LogP contribution in [0.25, 0.3) is 10.8 Å². The number of phenols is 1. The van der Waals surface area contributed by atoms with Crippen LogP contribution in [-0.4, -0.2) is 68.8 Å². The van der Waals surface area contributed by atoms with Gasteiger partial charge in [0.15, 0.2) is 15.6 Å². The lowest BCUT2D eigenvalue weighted by Gasteiger charge is -2.10. The highest BCUT2D eigenvalue weighted by Crippen LogP contribution is 2.42. The lowest BCUT2D eigenvalue weighted by molar-refractivity contribution is -0.131. The number of carbonyl (C=O) groups is 2. The zero-order valence-corrected chi connectivity index (χ0v) is 22.7. The minimum absolute atomic E-state index is 0.00797. The minimum atomic E-state index is -4.98. The van der Waals surface area contributed by atoms with Gasteiger partial charge in [-0.05, 0) is 53.9 Å². The number of aromatic hydroxyl groups is 1. The topological polar surface area (TPSA) is 263 Å². The quantitative estimate of drug-likeness (QED) is 0.116. The first kappa shape index (κ1) is 31.3. The maximum absolute atomic E-state index is 12.3. The van der Waals surface area contributed by atoms with Crippen molar-refractivity contribution in [2.75, 3.05) is 17.7 Å². The van der Waals surface area contributed by atoms with Gasteiger partial charge in [-0.15, -0.1) is 5.11 Å². The molecule has 0 heterocycles. The molecule has 0 atom stereocenters. The summed E-state index contributed by atoms with van der Waals surface area (Å²) < 4.78 is 92.1. The van der Waals surface area contributed by atoms with Crippen LogP contribution < -0.4 is 5.32 Å². The number of hydrogen-bond donors (Lipinski definition) is 5. The Bertz CT molecular complexity index is 1900. The van der Waals surface area contributed by atoms with Gasteiger partial charge in [-0.3, -0.25) is 13.9 Å². The van der Waals surface area contributed by atoms with Gasteiger partial charge in [-0.1, -0.05) is 0 Å². The lowest BCUT2D eigenvalue weighted by atomic mass is 10.1. The summed E-state index contributed by atoms with van der Waals surface area (Å²) in [7, 11) is -13.8. The monoisotopic (exact) mass is 629 g/mol. The number of amides is 1. The third kappa shape index (κ3) is 8.61. The van der Waals surface area contributed by atoms with E-state index in [9.17, 15) is 44.5 Å². The second-order valence-electron chi connectivity index (χ2n) is 7.91. The first-order chi connectivity index (χ1) is 19.0. The molecule has 0 bridgehead atoms. The van der Waals surface area contributed by atoms with Crippen molar-refractivity contribution in [3.63, 3.8) is 0 Å². The molecule has 3 aromatic carbocycles. The molecule has 0 aliphatic carbocycles. The minimum Gasteiger partial charge on any atom is -0.505 e. The Morgan fingerprint density at radius 1 is 0.902 bits per heavy atom. The van der Waals surface area contributed by atoms with Crippen LogP contribution in [0.15, 0.2) is 80.7 Å². The highest BCUT2D eigenvalue weighted by atomic mass is 32.3. The Morgan fingerprint density at radius 3 is 2.15 bits per heavy atom. The van der Waals surface area contributed by atoms with Crippen LogP contribution in [0.1, 0.15) is 0 Å². The van der Waals surface area contributed by atoms with Gasteiger partial charge in [-0.25, -0.2) is 17.4 Å². The highest BCUT2D eigenvalue weighted by molar-refractivity contribution is 7.91. The number of phenolic OH excluding ortho intramolecular Hbond substituents is 1. The standard InChI is InChI=1S/C22H19N3O13S3/c26-19(7-8-20(27)28)23-15-3-6-17-13(11-15)12-18(40(32,33)34)21(22(17)29)25-24-14-1-4-16(5-2-14)39(30,31)10-9-38-41(35,36)37/h1-8,11-12,29H,9-10H2,(H,23,26)(H,27,28)(H,32,33,34)(H,35,36,37). The van der Waals surface area contributed by atoms with Crippen LogP contribution in [0, 0.1) is 0 Å². The average Bonchev–Trinajstić information content (AvgIpc) is 2.85. The predicted molar refractivity (Wildman–Crippen MR) is 141 cm³/mol. The van der Waals surface area contributed by atoms with Crippen molar-refractivity contribution >= 4 is 70.1 Å². The molecule has 1 amide bonds. The molecule has 0 fully saturated rings. The number of azo groups is 1. The van der Waals surface area contributed by atoms with Crippen molar-refractivity contribution in [2.24, 2.45) is 10.2 Å². The van der Waals surface area contributed by atoms with Crippen LogP contribution in [-0.2, 0) is 44.1 Å². The number of carboxylic acids is 1. The maximum Gasteiger partial charge on any atom is 0.397 e. The third-order valence-electron chi connectivity index (χ3n) is 5.02. The molecule has 3 rings (SSSR count). The first-order valence-electron chi connectivity index (χ1n) is 10.8. The molecule has 0 aliphatic rings. The van der Waals surface area contributed by atoms with Gasteiger partial charge in [0.05, 0.1) is 22.9 Å². The van der Waals surface area contributed by atoms with Crippen LogP contribution in [0.2, 0.25) is 0 Å². The first-order valence-corrected chi connectivity index (χ1v) is 15.3. The second kappa shape index (κ2) is 12.1. The summed E-state index contributed by atoms with van der Waals surface area (Å²) >= 11 is 0. The van der Waals surface area contributed by atoms with Crippen molar-refractivity contribution in [3.05, 3.63) is 60.7 Å². The fourth-order valence-electron chi connectivity index (χ4n) is 3.25. The average molecular weight is 630 g/mol. The van der Waals surface area contributed by atoms with E-state index in [0.29, 0.717) is 6.08 Å². The summed E-state index contributed by atoms with van der Waals surface area (Å²) in [6, 6.07) is 9.31. The van der Waals surface area contributed by atoms with E-state index in [0.717, 1.165) is 24.3 Å². The van der Waals surface area contributed by atoms with E-state index in [1.165, 1.54) is 30.3 Å². The van der Waals surface area contributed by atoms with Gasteiger partial charge in [0.1, 0.15) is 10.6 Å². The summed E-state index contributed by atoms with van der Waals surface area (Å²) in [6.45, 7) is -0.835. The number of nitrogens with zero attached hydrogens (tertiary/aromatic N) is 2. The molecule has 16 nitrogen and oxygen atoms in total. The van der Waals surface area contributed by atoms with E-state index in [4.69, 9.17) is 9.66 Å². The van der Waals surface area contributed by atoms with E-state index in [2.05, 4.69) is 19.7 Å². The van der Waals surface area contributed by atoms with Gasteiger partial charge in [0, 0.05) is 23.2 Å². The number of anilines is 1. The molecule has 0 aromatic heterocycles. The molecule has 0 aliphatic heterocycles. The molecule has 3 aromatic rings. The van der Waals surface area contributed by atoms with E-state index >= 15 is 0 Å². The van der Waals surface area contributed by atoms with Crippen molar-refractivity contribution < 1.29 is 58.3 Å². The van der Waals surface area contributed by atoms with Gasteiger partial charge in [0.25, 0.3) is 10.1 Å². The van der Waals surface area contributed by atoms with Gasteiger partial charge in [-0.2, -0.15) is 21.9 Å². The number of benzene rings is 3. The number of aliphatic carboxylic acids is 1. The van der Waals surface area contributed by atoms with E-state index < -0.39 is 70.9 Å². The Morgan fingerprint density at radius 2 is 1.56 bits per heavy atom. The molecular formula is C22H19N3O13S3. The fourth-order valence-corrected chi connectivity index (χ4v) is 5.39. The maximum atomic E-state index is 12.3. The number of carbonyl (C=O) groups excluding carboxylic acids is 1. The van der Waals surface area contributed by atoms with Crippen molar-refractivity contribution in [1.82, 2.24) is 0 Å². The molecule has 0 saturated carbocycles. The van der Waals surface area contributed by atoms with Crippen LogP contribution in [0.4, 0.5) is 17.1 Å².